The van der Waals surface area contributed by atoms with Crippen molar-refractivity contribution in [3.8, 4) is 0 Å². The molecule has 1 aliphatic heterocycles. The molecule has 1 amide bonds. The average Bonchev–Trinajstić information content (AvgIpc) is 2.39. The molecule has 1 atom stereocenters. The van der Waals surface area contributed by atoms with E-state index >= 15 is 0 Å². The second kappa shape index (κ2) is 5.35. The number of rotatable bonds is 1. The molecule has 6 nitrogen and oxygen atoms in total. The topological polar surface area (TPSA) is 78.9 Å². The summed E-state index contributed by atoms with van der Waals surface area (Å²) in [7, 11) is 0. The first-order valence-electron chi connectivity index (χ1n) is 5.56. The fourth-order valence-corrected chi connectivity index (χ4v) is 1.45. The van der Waals surface area contributed by atoms with Crippen LogP contribution in [0.2, 0.25) is 0 Å². The van der Waals surface area contributed by atoms with E-state index in [1.54, 1.807) is 20.8 Å². The minimum absolute atomic E-state index is 0.0667. The highest BCUT2D eigenvalue weighted by Crippen LogP contribution is 2.13. The van der Waals surface area contributed by atoms with Crippen molar-refractivity contribution < 1.29 is 24.2 Å². The summed E-state index contributed by atoms with van der Waals surface area (Å²) in [5, 5.41) is 10.8. The number of carboxylic acids is 1. The summed E-state index contributed by atoms with van der Waals surface area (Å²) < 4.78 is 10.3. The molecule has 0 bridgehead atoms. The van der Waals surface area contributed by atoms with Gasteiger partial charge < -0.3 is 24.3 Å². The predicted octanol–water partition coefficient (Wildman–Crippen LogP) is -0.380. The lowest BCUT2D eigenvalue weighted by molar-refractivity contribution is -0.312. The van der Waals surface area contributed by atoms with E-state index in [0.717, 1.165) is 0 Å². The molecule has 1 fully saturated rings. The van der Waals surface area contributed by atoms with Crippen LogP contribution in [0.5, 0.6) is 0 Å². The lowest BCUT2D eigenvalue weighted by atomic mass is 10.1. The zero-order chi connectivity index (χ0) is 13.1. The largest absolute Gasteiger partial charge is 0.550 e. The Balaban J connectivity index is 2.62. The molecular formula is C11H18NO5-. The molecule has 0 aromatic carbocycles. The summed E-state index contributed by atoms with van der Waals surface area (Å²) in [5.74, 6) is -2.01. The van der Waals surface area contributed by atoms with E-state index in [4.69, 9.17) is 9.47 Å². The third kappa shape index (κ3) is 4.60. The SMILES string of the molecule is CC(C)(C)OC(=O)N1CCOCC(C(=O)[O-])C1. The molecule has 98 valence electrons. The van der Waals surface area contributed by atoms with Crippen LogP contribution in [-0.4, -0.2) is 48.9 Å². The van der Waals surface area contributed by atoms with Gasteiger partial charge in [0.2, 0.25) is 0 Å². The first-order valence-corrected chi connectivity index (χ1v) is 5.56. The number of carbonyl (C=O) groups excluding carboxylic acids is 2. The van der Waals surface area contributed by atoms with Gasteiger partial charge in [-0.15, -0.1) is 0 Å². The van der Waals surface area contributed by atoms with E-state index in [1.165, 1.54) is 4.90 Å². The number of hydrogen-bond acceptors (Lipinski definition) is 5. The maximum atomic E-state index is 11.8. The second-order valence-electron chi connectivity index (χ2n) is 5.02. The first-order chi connectivity index (χ1) is 7.79. The molecule has 0 radical (unpaired) electrons. The van der Waals surface area contributed by atoms with Gasteiger partial charge in [-0.05, 0) is 20.8 Å². The summed E-state index contributed by atoms with van der Waals surface area (Å²) in [6.07, 6.45) is -0.519. The van der Waals surface area contributed by atoms with Crippen molar-refractivity contribution >= 4 is 12.1 Å². The van der Waals surface area contributed by atoms with E-state index < -0.39 is 23.6 Å². The molecule has 1 heterocycles. The number of nitrogens with zero attached hydrogens (tertiary/aromatic N) is 1. The molecular weight excluding hydrogens is 226 g/mol. The van der Waals surface area contributed by atoms with Crippen LogP contribution in [0.25, 0.3) is 0 Å². The van der Waals surface area contributed by atoms with Gasteiger partial charge in [0.05, 0.1) is 13.2 Å². The fraction of sp³-hybridized carbons (Fsp3) is 0.818. The van der Waals surface area contributed by atoms with Crippen molar-refractivity contribution in [1.29, 1.82) is 0 Å². The maximum absolute atomic E-state index is 11.8. The predicted molar refractivity (Wildman–Crippen MR) is 57.1 cm³/mol. The number of aliphatic carboxylic acids is 1. The van der Waals surface area contributed by atoms with Gasteiger partial charge in [-0.1, -0.05) is 0 Å². The number of ether oxygens (including phenoxy) is 2. The Bertz CT molecular complexity index is 297. The van der Waals surface area contributed by atoms with Crippen molar-refractivity contribution in [2.75, 3.05) is 26.3 Å². The molecule has 17 heavy (non-hydrogen) atoms. The van der Waals surface area contributed by atoms with Gasteiger partial charge >= 0.3 is 6.09 Å². The van der Waals surface area contributed by atoms with Crippen LogP contribution in [-0.2, 0) is 14.3 Å². The summed E-state index contributed by atoms with van der Waals surface area (Å²) in [5.41, 5.74) is -0.596. The number of hydrogen-bond donors (Lipinski definition) is 0. The molecule has 1 unspecified atom stereocenters. The zero-order valence-corrected chi connectivity index (χ0v) is 10.4. The monoisotopic (exact) mass is 244 g/mol. The van der Waals surface area contributed by atoms with Crippen LogP contribution in [0.3, 0.4) is 0 Å². The van der Waals surface area contributed by atoms with Gasteiger partial charge in [-0.3, -0.25) is 0 Å². The van der Waals surface area contributed by atoms with Crippen LogP contribution < -0.4 is 5.11 Å². The van der Waals surface area contributed by atoms with E-state index in [1.807, 2.05) is 0 Å². The molecule has 6 heteroatoms. The van der Waals surface area contributed by atoms with Gasteiger partial charge in [-0.25, -0.2) is 4.79 Å². The molecule has 0 spiro atoms. The molecule has 1 rings (SSSR count). The van der Waals surface area contributed by atoms with Crippen molar-refractivity contribution in [2.45, 2.75) is 26.4 Å². The maximum Gasteiger partial charge on any atom is 0.410 e. The first kappa shape index (κ1) is 13.8. The van der Waals surface area contributed by atoms with Gasteiger partial charge in [-0.2, -0.15) is 0 Å². The van der Waals surface area contributed by atoms with Gasteiger partial charge in [0, 0.05) is 25.0 Å². The van der Waals surface area contributed by atoms with Crippen LogP contribution >= 0.6 is 0 Å². The number of amides is 1. The Morgan fingerprint density at radius 3 is 2.59 bits per heavy atom. The summed E-state index contributed by atoms with van der Waals surface area (Å²) >= 11 is 0. The molecule has 0 N–H and O–H groups in total. The summed E-state index contributed by atoms with van der Waals surface area (Å²) in [6.45, 7) is 6.06. The highest BCUT2D eigenvalue weighted by molar-refractivity contribution is 5.71. The van der Waals surface area contributed by atoms with Crippen molar-refractivity contribution in [3.05, 3.63) is 0 Å². The van der Waals surface area contributed by atoms with Crippen LogP contribution in [0.4, 0.5) is 4.79 Å². The Labute approximate surface area is 100 Å². The van der Waals surface area contributed by atoms with Crippen molar-refractivity contribution in [2.24, 2.45) is 5.92 Å². The minimum atomic E-state index is -1.21. The van der Waals surface area contributed by atoms with Crippen molar-refractivity contribution in [3.63, 3.8) is 0 Å². The third-order valence-electron chi connectivity index (χ3n) is 2.25. The van der Waals surface area contributed by atoms with E-state index in [9.17, 15) is 14.7 Å². The smallest absolute Gasteiger partial charge is 0.410 e. The highest BCUT2D eigenvalue weighted by Gasteiger charge is 2.27. The molecule has 0 aliphatic carbocycles. The quantitative estimate of drug-likeness (QED) is 0.628. The lowest BCUT2D eigenvalue weighted by Gasteiger charge is -2.27. The number of carboxylic acid groups (broad SMARTS) is 1. The summed E-state index contributed by atoms with van der Waals surface area (Å²) in [4.78, 5) is 23.9. The van der Waals surface area contributed by atoms with Crippen LogP contribution in [0.1, 0.15) is 20.8 Å². The third-order valence-corrected chi connectivity index (χ3v) is 2.25. The summed E-state index contributed by atoms with van der Waals surface area (Å²) in [6, 6.07) is 0. The molecule has 0 aromatic rings. The van der Waals surface area contributed by atoms with Crippen LogP contribution in [0.15, 0.2) is 0 Å². The fourth-order valence-electron chi connectivity index (χ4n) is 1.45. The Morgan fingerprint density at radius 1 is 1.41 bits per heavy atom. The van der Waals surface area contributed by atoms with Gasteiger partial charge in [0.15, 0.2) is 0 Å². The van der Waals surface area contributed by atoms with Crippen molar-refractivity contribution in [1.82, 2.24) is 4.90 Å². The Hall–Kier alpha value is -1.30. The number of carbonyl (C=O) groups is 2. The average molecular weight is 244 g/mol. The standard InChI is InChI=1S/C11H19NO5/c1-11(2,3)17-10(15)12-4-5-16-7-8(6-12)9(13)14/h8H,4-7H2,1-3H3,(H,13,14)/p-1. The minimum Gasteiger partial charge on any atom is -0.550 e. The van der Waals surface area contributed by atoms with E-state index in [0.29, 0.717) is 13.2 Å². The Morgan fingerprint density at radius 2 is 2.06 bits per heavy atom. The molecule has 0 aromatic heterocycles. The lowest BCUT2D eigenvalue weighted by Crippen LogP contribution is -2.44. The molecule has 1 aliphatic rings. The molecule has 1 saturated heterocycles. The second-order valence-corrected chi connectivity index (χ2v) is 5.02. The normalized spacial score (nSPS) is 21.8. The Kier molecular flexibility index (Phi) is 4.34. The zero-order valence-electron chi connectivity index (χ0n) is 10.4. The van der Waals surface area contributed by atoms with E-state index in [2.05, 4.69) is 0 Å². The van der Waals surface area contributed by atoms with E-state index in [-0.39, 0.29) is 13.2 Å². The highest BCUT2D eigenvalue weighted by atomic mass is 16.6. The van der Waals surface area contributed by atoms with Crippen LogP contribution in [0, 0.1) is 5.92 Å². The van der Waals surface area contributed by atoms with Gasteiger partial charge in [0.1, 0.15) is 5.60 Å². The van der Waals surface area contributed by atoms with Gasteiger partial charge in [0.25, 0.3) is 0 Å². The molecule has 0 saturated carbocycles.